The van der Waals surface area contributed by atoms with Crippen LogP contribution in [0.4, 0.5) is 5.69 Å². The molecule has 0 bridgehead atoms. The van der Waals surface area contributed by atoms with E-state index in [1.165, 1.54) is 0 Å². The largest absolute Gasteiger partial charge is 0.496 e. The van der Waals surface area contributed by atoms with E-state index < -0.39 is 12.0 Å². The van der Waals surface area contributed by atoms with E-state index in [2.05, 4.69) is 0 Å². The van der Waals surface area contributed by atoms with E-state index in [0.29, 0.717) is 12.3 Å². The molecule has 0 heterocycles. The number of carboxylic acids is 1. The number of carbonyl (C=O) groups is 1. The molecule has 2 aromatic carbocycles. The molecule has 0 aromatic heterocycles. The van der Waals surface area contributed by atoms with Crippen LogP contribution in [0.5, 0.6) is 5.75 Å². The van der Waals surface area contributed by atoms with Gasteiger partial charge in [-0.2, -0.15) is 0 Å². The number of methoxy groups -OCH3 is 1. The molecule has 2 rings (SSSR count). The van der Waals surface area contributed by atoms with Gasteiger partial charge in [-0.3, -0.25) is 4.79 Å². The van der Waals surface area contributed by atoms with Crippen LogP contribution >= 0.6 is 0 Å². The molecule has 5 nitrogen and oxygen atoms in total. The molecule has 2 aromatic rings. The van der Waals surface area contributed by atoms with Crippen LogP contribution in [0.2, 0.25) is 0 Å². The fraction of sp³-hybridized carbons (Fsp3) is 0.353. The van der Waals surface area contributed by atoms with Crippen molar-refractivity contribution < 1.29 is 14.6 Å². The summed E-state index contributed by atoms with van der Waals surface area (Å²) in [5.74, 6) is 0.274. The third-order valence-corrected chi connectivity index (χ3v) is 3.11. The number of rotatable bonds is 4. The Hall–Kier alpha value is -2.27. The van der Waals surface area contributed by atoms with Gasteiger partial charge in [0, 0.05) is 17.1 Å². The molecule has 1 atom stereocenters. The van der Waals surface area contributed by atoms with Crippen molar-refractivity contribution >= 4 is 22.4 Å². The van der Waals surface area contributed by atoms with E-state index in [-0.39, 0.29) is 0 Å². The summed E-state index contributed by atoms with van der Waals surface area (Å²) in [6, 6.07) is 11.1. The van der Waals surface area contributed by atoms with Crippen molar-refractivity contribution in [2.24, 2.45) is 11.7 Å². The summed E-state index contributed by atoms with van der Waals surface area (Å²) in [5, 5.41) is 10.5. The first-order valence-corrected chi connectivity index (χ1v) is 7.15. The zero-order valence-electron chi connectivity index (χ0n) is 13.2. The molecule has 0 saturated carbocycles. The highest BCUT2D eigenvalue weighted by Gasteiger charge is 2.11. The van der Waals surface area contributed by atoms with Gasteiger partial charge in [0.05, 0.1) is 7.11 Å². The molecule has 0 aliphatic carbocycles. The fourth-order valence-corrected chi connectivity index (χ4v) is 2.08. The number of aliphatic carboxylic acids is 1. The number of hydrogen-bond donors (Lipinski definition) is 3. The van der Waals surface area contributed by atoms with Gasteiger partial charge in [-0.1, -0.05) is 38.1 Å². The zero-order valence-corrected chi connectivity index (χ0v) is 13.2. The molecule has 22 heavy (non-hydrogen) atoms. The number of anilines is 1. The Morgan fingerprint density at radius 3 is 2.41 bits per heavy atom. The number of nitrogen functional groups attached to an aromatic ring is 1. The standard InChI is InChI=1S/C11H11NO.C6H13NO2/c1-13-11-7-9(12)6-8-4-2-3-5-10(8)11;1-4(2)3-5(7)6(8)9/h2-7H,12H2,1H3;4-5H,3,7H2,1-2H3,(H,8,9)/t;5-/m.0/s1. The van der Waals surface area contributed by atoms with E-state index in [1.54, 1.807) is 7.11 Å². The van der Waals surface area contributed by atoms with E-state index >= 15 is 0 Å². The molecule has 5 N–H and O–H groups in total. The lowest BCUT2D eigenvalue weighted by molar-refractivity contribution is -0.138. The highest BCUT2D eigenvalue weighted by Crippen LogP contribution is 2.27. The average molecular weight is 304 g/mol. The average Bonchev–Trinajstić information content (AvgIpc) is 2.46. The van der Waals surface area contributed by atoms with E-state index in [9.17, 15) is 4.79 Å². The van der Waals surface area contributed by atoms with Gasteiger partial charge < -0.3 is 21.3 Å². The van der Waals surface area contributed by atoms with Crippen molar-refractivity contribution in [3.63, 3.8) is 0 Å². The molecule has 0 saturated heterocycles. The Labute approximate surface area is 130 Å². The first kappa shape index (κ1) is 17.8. The number of benzene rings is 2. The molecule has 0 amide bonds. The second-order valence-electron chi connectivity index (χ2n) is 5.52. The number of nitrogens with two attached hydrogens (primary N) is 2. The van der Waals surface area contributed by atoms with E-state index in [1.807, 2.05) is 50.2 Å². The summed E-state index contributed by atoms with van der Waals surface area (Å²) in [6.45, 7) is 3.89. The molecule has 0 aliphatic heterocycles. The predicted molar refractivity (Wildman–Crippen MR) is 90.0 cm³/mol. The van der Waals surface area contributed by atoms with Gasteiger partial charge in [-0.25, -0.2) is 0 Å². The zero-order chi connectivity index (χ0) is 16.7. The third-order valence-electron chi connectivity index (χ3n) is 3.11. The topological polar surface area (TPSA) is 98.6 Å². The molecule has 0 fully saturated rings. The minimum Gasteiger partial charge on any atom is -0.496 e. The van der Waals surface area contributed by atoms with Gasteiger partial charge in [0.25, 0.3) is 0 Å². The quantitative estimate of drug-likeness (QED) is 0.754. The number of ether oxygens (including phenoxy) is 1. The van der Waals surface area contributed by atoms with Crippen molar-refractivity contribution in [2.75, 3.05) is 12.8 Å². The maximum absolute atomic E-state index is 10.1. The van der Waals surface area contributed by atoms with Gasteiger partial charge in [0.2, 0.25) is 0 Å². The fourth-order valence-electron chi connectivity index (χ4n) is 2.08. The van der Waals surface area contributed by atoms with Crippen molar-refractivity contribution in [1.29, 1.82) is 0 Å². The van der Waals surface area contributed by atoms with Crippen molar-refractivity contribution in [3.05, 3.63) is 36.4 Å². The SMILES string of the molecule is CC(C)C[C@H](N)C(=O)O.COc1cc(N)cc2ccccc12. The van der Waals surface area contributed by atoms with Crippen LogP contribution in [0.3, 0.4) is 0 Å². The number of fused-ring (bicyclic) bond motifs is 1. The van der Waals surface area contributed by atoms with Gasteiger partial charge in [-0.05, 0) is 23.8 Å². The van der Waals surface area contributed by atoms with Gasteiger partial charge in [0.15, 0.2) is 0 Å². The Morgan fingerprint density at radius 2 is 1.91 bits per heavy atom. The predicted octanol–water partition coefficient (Wildman–Crippen LogP) is 2.88. The highest BCUT2D eigenvalue weighted by molar-refractivity contribution is 5.91. The molecular weight excluding hydrogens is 280 g/mol. The van der Waals surface area contributed by atoms with Crippen LogP contribution in [0.25, 0.3) is 10.8 Å². The van der Waals surface area contributed by atoms with Crippen molar-refractivity contribution in [3.8, 4) is 5.75 Å². The Morgan fingerprint density at radius 1 is 1.27 bits per heavy atom. The summed E-state index contributed by atoms with van der Waals surface area (Å²) in [6.07, 6.45) is 0.551. The van der Waals surface area contributed by atoms with Crippen molar-refractivity contribution in [1.82, 2.24) is 0 Å². The summed E-state index contributed by atoms with van der Waals surface area (Å²) in [4.78, 5) is 10.1. The Kier molecular flexibility index (Phi) is 6.66. The Bertz CT molecular complexity index is 626. The molecule has 0 radical (unpaired) electrons. The van der Waals surface area contributed by atoms with Gasteiger partial charge in [0.1, 0.15) is 11.8 Å². The lowest BCUT2D eigenvalue weighted by Gasteiger charge is -2.07. The number of hydrogen-bond acceptors (Lipinski definition) is 4. The van der Waals surface area contributed by atoms with Gasteiger partial charge >= 0.3 is 5.97 Å². The smallest absolute Gasteiger partial charge is 0.320 e. The molecular formula is C17H24N2O3. The second-order valence-corrected chi connectivity index (χ2v) is 5.52. The minimum atomic E-state index is -0.913. The highest BCUT2D eigenvalue weighted by atomic mass is 16.5. The first-order chi connectivity index (χ1) is 10.3. The molecule has 120 valence electrons. The van der Waals surface area contributed by atoms with Crippen LogP contribution in [0.1, 0.15) is 20.3 Å². The van der Waals surface area contributed by atoms with Gasteiger partial charge in [-0.15, -0.1) is 0 Å². The Balaban J connectivity index is 0.000000239. The van der Waals surface area contributed by atoms with Crippen LogP contribution in [-0.2, 0) is 4.79 Å². The summed E-state index contributed by atoms with van der Waals surface area (Å²) in [5.41, 5.74) is 11.7. The normalized spacial score (nSPS) is 11.7. The first-order valence-electron chi connectivity index (χ1n) is 7.15. The van der Waals surface area contributed by atoms with Crippen LogP contribution in [-0.4, -0.2) is 24.2 Å². The second kappa shape index (κ2) is 8.24. The lowest BCUT2D eigenvalue weighted by atomic mass is 10.1. The molecule has 0 unspecified atom stereocenters. The molecule has 5 heteroatoms. The van der Waals surface area contributed by atoms with Crippen molar-refractivity contribution in [2.45, 2.75) is 26.3 Å². The maximum Gasteiger partial charge on any atom is 0.320 e. The van der Waals surface area contributed by atoms with E-state index in [4.69, 9.17) is 21.3 Å². The van der Waals surface area contributed by atoms with E-state index in [0.717, 1.165) is 22.2 Å². The summed E-state index contributed by atoms with van der Waals surface area (Å²) in [7, 11) is 1.65. The minimum absolute atomic E-state index is 0.357. The van der Waals surface area contributed by atoms with Crippen LogP contribution < -0.4 is 16.2 Å². The monoisotopic (exact) mass is 304 g/mol. The van der Waals surface area contributed by atoms with Crippen LogP contribution in [0.15, 0.2) is 36.4 Å². The molecule has 0 spiro atoms. The summed E-state index contributed by atoms with van der Waals surface area (Å²) >= 11 is 0. The van der Waals surface area contributed by atoms with Crippen LogP contribution in [0, 0.1) is 5.92 Å². The maximum atomic E-state index is 10.1. The number of carboxylic acid groups (broad SMARTS) is 1. The molecule has 0 aliphatic rings. The third kappa shape index (κ3) is 5.26. The lowest BCUT2D eigenvalue weighted by Crippen LogP contribution is -2.31. The summed E-state index contributed by atoms with van der Waals surface area (Å²) < 4.78 is 5.23.